The van der Waals surface area contributed by atoms with Crippen molar-refractivity contribution in [2.75, 3.05) is 50.1 Å². The molecule has 0 unspecified atom stereocenters. The highest BCUT2D eigenvalue weighted by atomic mass is 16.5. The molecular formula is C22H28N4O4. The van der Waals surface area contributed by atoms with Crippen molar-refractivity contribution >= 4 is 23.5 Å². The summed E-state index contributed by atoms with van der Waals surface area (Å²) in [6.45, 7) is 5.33. The molecule has 2 aromatic rings. The molecule has 2 amide bonds. The molecule has 0 bridgehead atoms. The number of amides is 2. The van der Waals surface area contributed by atoms with Crippen molar-refractivity contribution < 1.29 is 19.1 Å². The first-order valence-electron chi connectivity index (χ1n) is 10.1. The molecule has 8 nitrogen and oxygen atoms in total. The quantitative estimate of drug-likeness (QED) is 0.734. The lowest BCUT2D eigenvalue weighted by Crippen LogP contribution is -2.38. The lowest BCUT2D eigenvalue weighted by Gasteiger charge is -2.23. The Labute approximate surface area is 176 Å². The van der Waals surface area contributed by atoms with Crippen molar-refractivity contribution in [1.82, 2.24) is 9.88 Å². The minimum absolute atomic E-state index is 0.114. The van der Waals surface area contributed by atoms with Gasteiger partial charge in [0.2, 0.25) is 0 Å². The van der Waals surface area contributed by atoms with Gasteiger partial charge in [-0.15, -0.1) is 0 Å². The SMILES string of the molecule is CCOC(=O)c1ccc(N2CCCN(C(=O)Nc3cccc(COC)c3)CC2)nc1. The summed E-state index contributed by atoms with van der Waals surface area (Å²) in [4.78, 5) is 32.8. The molecule has 2 heterocycles. The Bertz CT molecular complexity index is 856. The average Bonchev–Trinajstić information content (AvgIpc) is 3.01. The van der Waals surface area contributed by atoms with Gasteiger partial charge in [-0.25, -0.2) is 14.6 Å². The van der Waals surface area contributed by atoms with Gasteiger partial charge in [0, 0.05) is 45.2 Å². The summed E-state index contributed by atoms with van der Waals surface area (Å²) in [6, 6.07) is 11.1. The lowest BCUT2D eigenvalue weighted by atomic mass is 10.2. The standard InChI is InChI=1S/C22H28N4O4/c1-3-30-21(27)18-8-9-20(23-15-18)25-10-5-11-26(13-12-25)22(28)24-19-7-4-6-17(14-19)16-29-2/h4,6-9,14-15H,3,5,10-13,16H2,1-2H3,(H,24,28). The Hall–Kier alpha value is -3.13. The molecule has 0 spiro atoms. The van der Waals surface area contributed by atoms with E-state index in [0.717, 1.165) is 30.0 Å². The fourth-order valence-corrected chi connectivity index (χ4v) is 3.37. The Kier molecular flexibility index (Phi) is 7.62. The van der Waals surface area contributed by atoms with Crippen LogP contribution < -0.4 is 10.2 Å². The molecular weight excluding hydrogens is 384 g/mol. The number of nitrogens with one attached hydrogen (secondary N) is 1. The highest BCUT2D eigenvalue weighted by Crippen LogP contribution is 2.17. The summed E-state index contributed by atoms with van der Waals surface area (Å²) >= 11 is 0. The minimum atomic E-state index is -0.371. The summed E-state index contributed by atoms with van der Waals surface area (Å²) in [7, 11) is 1.65. The molecule has 1 aromatic carbocycles. The first kappa shape index (κ1) is 21.6. The van der Waals surface area contributed by atoms with E-state index in [4.69, 9.17) is 9.47 Å². The number of carbonyl (C=O) groups is 2. The fraction of sp³-hybridized carbons (Fsp3) is 0.409. The lowest BCUT2D eigenvalue weighted by molar-refractivity contribution is 0.0526. The molecule has 0 aliphatic carbocycles. The van der Waals surface area contributed by atoms with Crippen molar-refractivity contribution in [2.45, 2.75) is 20.0 Å². The maximum absolute atomic E-state index is 12.7. The van der Waals surface area contributed by atoms with Crippen LogP contribution in [0, 0.1) is 0 Å². The van der Waals surface area contributed by atoms with Gasteiger partial charge >= 0.3 is 12.0 Å². The third-order valence-corrected chi connectivity index (χ3v) is 4.86. The van der Waals surface area contributed by atoms with E-state index in [1.54, 1.807) is 20.1 Å². The van der Waals surface area contributed by atoms with E-state index in [-0.39, 0.29) is 12.0 Å². The largest absolute Gasteiger partial charge is 0.462 e. The smallest absolute Gasteiger partial charge is 0.339 e. The Morgan fingerprint density at radius 3 is 2.73 bits per heavy atom. The van der Waals surface area contributed by atoms with Gasteiger partial charge in [-0.1, -0.05) is 12.1 Å². The molecule has 160 valence electrons. The number of pyridine rings is 1. The molecule has 1 aromatic heterocycles. The molecule has 0 saturated carbocycles. The van der Waals surface area contributed by atoms with Gasteiger partial charge in [0.1, 0.15) is 5.82 Å². The molecule has 1 aliphatic heterocycles. The number of hydrogen-bond acceptors (Lipinski definition) is 6. The molecule has 0 atom stereocenters. The van der Waals surface area contributed by atoms with Gasteiger partial charge in [-0.3, -0.25) is 0 Å². The summed E-state index contributed by atoms with van der Waals surface area (Å²) < 4.78 is 10.1. The summed E-state index contributed by atoms with van der Waals surface area (Å²) in [6.07, 6.45) is 2.37. The second-order valence-electron chi connectivity index (χ2n) is 7.02. The fourth-order valence-electron chi connectivity index (χ4n) is 3.37. The number of rotatable bonds is 6. The van der Waals surface area contributed by atoms with Crippen molar-refractivity contribution in [1.29, 1.82) is 0 Å². The first-order chi connectivity index (χ1) is 14.6. The highest BCUT2D eigenvalue weighted by molar-refractivity contribution is 5.90. The van der Waals surface area contributed by atoms with Crippen LogP contribution in [0.25, 0.3) is 0 Å². The number of carbonyl (C=O) groups excluding carboxylic acids is 2. The van der Waals surface area contributed by atoms with Crippen molar-refractivity contribution in [3.8, 4) is 0 Å². The number of esters is 1. The average molecular weight is 412 g/mol. The predicted octanol–water partition coefficient (Wildman–Crippen LogP) is 3.15. The number of benzene rings is 1. The van der Waals surface area contributed by atoms with E-state index in [1.165, 1.54) is 6.20 Å². The maximum Gasteiger partial charge on any atom is 0.339 e. The first-order valence-corrected chi connectivity index (χ1v) is 10.1. The van der Waals surface area contributed by atoms with Gasteiger partial charge in [-0.2, -0.15) is 0 Å². The van der Waals surface area contributed by atoms with E-state index in [1.807, 2.05) is 35.2 Å². The van der Waals surface area contributed by atoms with Crippen LogP contribution >= 0.6 is 0 Å². The molecule has 1 fully saturated rings. The normalized spacial score (nSPS) is 14.2. The number of hydrogen-bond donors (Lipinski definition) is 1. The molecule has 1 aliphatic rings. The van der Waals surface area contributed by atoms with Crippen LogP contribution in [0.2, 0.25) is 0 Å². The summed E-state index contributed by atoms with van der Waals surface area (Å²) in [5.74, 6) is 0.419. The van der Waals surface area contributed by atoms with Crippen molar-refractivity contribution in [3.05, 3.63) is 53.7 Å². The van der Waals surface area contributed by atoms with Crippen LogP contribution in [-0.2, 0) is 16.1 Å². The van der Waals surface area contributed by atoms with Crippen LogP contribution in [0.3, 0.4) is 0 Å². The monoisotopic (exact) mass is 412 g/mol. The number of aromatic nitrogens is 1. The molecule has 0 radical (unpaired) electrons. The van der Waals surface area contributed by atoms with Gasteiger partial charge in [0.25, 0.3) is 0 Å². The van der Waals surface area contributed by atoms with E-state index in [0.29, 0.717) is 38.4 Å². The minimum Gasteiger partial charge on any atom is -0.462 e. The third kappa shape index (κ3) is 5.70. The number of methoxy groups -OCH3 is 1. The second kappa shape index (κ2) is 10.6. The zero-order chi connectivity index (χ0) is 21.3. The topological polar surface area (TPSA) is 84.0 Å². The van der Waals surface area contributed by atoms with Crippen LogP contribution in [0.4, 0.5) is 16.3 Å². The number of anilines is 2. The van der Waals surface area contributed by atoms with Crippen molar-refractivity contribution in [3.63, 3.8) is 0 Å². The van der Waals surface area contributed by atoms with Crippen LogP contribution in [0.5, 0.6) is 0 Å². The zero-order valence-corrected chi connectivity index (χ0v) is 17.5. The number of ether oxygens (including phenoxy) is 2. The van der Waals surface area contributed by atoms with Gasteiger partial charge in [-0.05, 0) is 43.2 Å². The van der Waals surface area contributed by atoms with Crippen LogP contribution in [0.15, 0.2) is 42.6 Å². The van der Waals surface area contributed by atoms with Crippen LogP contribution in [0.1, 0.15) is 29.3 Å². The molecule has 3 rings (SSSR count). The second-order valence-corrected chi connectivity index (χ2v) is 7.02. The van der Waals surface area contributed by atoms with E-state index in [2.05, 4.69) is 15.2 Å². The van der Waals surface area contributed by atoms with Crippen molar-refractivity contribution in [2.24, 2.45) is 0 Å². The number of nitrogens with zero attached hydrogens (tertiary/aromatic N) is 3. The van der Waals surface area contributed by atoms with E-state index >= 15 is 0 Å². The summed E-state index contributed by atoms with van der Waals surface area (Å²) in [5.41, 5.74) is 2.20. The molecule has 1 N–H and O–H groups in total. The van der Waals surface area contributed by atoms with Gasteiger partial charge < -0.3 is 24.6 Å². The molecule has 1 saturated heterocycles. The zero-order valence-electron chi connectivity index (χ0n) is 17.5. The van der Waals surface area contributed by atoms with E-state index < -0.39 is 0 Å². The Morgan fingerprint density at radius 1 is 1.13 bits per heavy atom. The number of urea groups is 1. The summed E-state index contributed by atoms with van der Waals surface area (Å²) in [5, 5.41) is 2.97. The molecule has 8 heteroatoms. The highest BCUT2D eigenvalue weighted by Gasteiger charge is 2.20. The van der Waals surface area contributed by atoms with E-state index in [9.17, 15) is 9.59 Å². The van der Waals surface area contributed by atoms with Crippen LogP contribution in [-0.4, -0.2) is 61.8 Å². The Morgan fingerprint density at radius 2 is 2.00 bits per heavy atom. The maximum atomic E-state index is 12.7. The molecule has 30 heavy (non-hydrogen) atoms. The van der Waals surface area contributed by atoms with Gasteiger partial charge in [0.15, 0.2) is 0 Å². The third-order valence-electron chi connectivity index (χ3n) is 4.86. The Balaban J connectivity index is 1.57. The van der Waals surface area contributed by atoms with Gasteiger partial charge in [0.05, 0.1) is 18.8 Å². The predicted molar refractivity (Wildman–Crippen MR) is 115 cm³/mol.